The van der Waals surface area contributed by atoms with E-state index in [2.05, 4.69) is 27.3 Å². The lowest BCUT2D eigenvalue weighted by atomic mass is 10.4. The number of alkyl halides is 3. The van der Waals surface area contributed by atoms with E-state index in [9.17, 15) is 13.2 Å². The van der Waals surface area contributed by atoms with Crippen molar-refractivity contribution in [2.75, 3.05) is 11.9 Å². The predicted octanol–water partition coefficient (Wildman–Crippen LogP) is 1.65. The molecule has 0 saturated heterocycles. The van der Waals surface area contributed by atoms with Gasteiger partial charge in [0, 0.05) is 12.8 Å². The summed E-state index contributed by atoms with van der Waals surface area (Å²) in [6.07, 6.45) is -3.58. The van der Waals surface area contributed by atoms with Gasteiger partial charge in [-0.1, -0.05) is 0 Å². The first-order valence-corrected chi connectivity index (χ1v) is 5.27. The van der Waals surface area contributed by atoms with Crippen molar-refractivity contribution in [3.8, 4) is 5.75 Å². The number of thiocarbonyl (C=S) groups is 1. The van der Waals surface area contributed by atoms with Crippen molar-refractivity contribution in [1.29, 1.82) is 0 Å². The number of pyridine rings is 1. The summed E-state index contributed by atoms with van der Waals surface area (Å²) in [7, 11) is 0. The third-order valence-electron chi connectivity index (χ3n) is 1.33. The zero-order valence-corrected chi connectivity index (χ0v) is 10.5. The molecule has 0 saturated carbocycles. The summed E-state index contributed by atoms with van der Waals surface area (Å²) in [6.45, 7) is 1.93. The fourth-order valence-corrected chi connectivity index (χ4v) is 0.924. The van der Waals surface area contributed by atoms with Crippen LogP contribution in [0.25, 0.3) is 0 Å². The molecule has 0 unspecified atom stereocenters. The van der Waals surface area contributed by atoms with E-state index < -0.39 is 12.1 Å². The van der Waals surface area contributed by atoms with Crippen LogP contribution in [-0.4, -0.2) is 33.4 Å². The van der Waals surface area contributed by atoms with Gasteiger partial charge in [0.2, 0.25) is 0 Å². The lowest BCUT2D eigenvalue weighted by Gasteiger charge is -2.13. The highest BCUT2D eigenvalue weighted by atomic mass is 32.1. The molecule has 0 bridgehead atoms. The normalized spacial score (nSPS) is 10.0. The van der Waals surface area contributed by atoms with Crippen LogP contribution in [-0.2, 0) is 0 Å². The van der Waals surface area contributed by atoms with Gasteiger partial charge in [0.15, 0.2) is 16.7 Å². The summed E-state index contributed by atoms with van der Waals surface area (Å²) in [5, 5.41) is 17.9. The number of aliphatic hydroxyl groups excluding tert-OH is 1. The van der Waals surface area contributed by atoms with Gasteiger partial charge in [0.05, 0.1) is 0 Å². The van der Waals surface area contributed by atoms with Gasteiger partial charge >= 0.3 is 6.36 Å². The number of nitrogens with zero attached hydrogens (tertiary/aromatic N) is 1. The minimum atomic E-state index is -4.83. The standard InChI is InChI=1S/C7H6F3N3O2S.C2H6O/c8-7(9,10)15-4-2-1-3-11-5(4)12-6(16)13-14;1-2-3/h1-3,14H,(H2,11,12,13,16);3H,2H2,1H3. The van der Waals surface area contributed by atoms with E-state index in [1.165, 1.54) is 12.3 Å². The van der Waals surface area contributed by atoms with Crippen molar-refractivity contribution in [3.63, 3.8) is 0 Å². The molecule has 0 spiro atoms. The second-order valence-electron chi connectivity index (χ2n) is 2.78. The zero-order valence-electron chi connectivity index (χ0n) is 9.73. The number of anilines is 1. The molecule has 0 fully saturated rings. The van der Waals surface area contributed by atoms with Crippen LogP contribution < -0.4 is 15.5 Å². The molecule has 1 aromatic heterocycles. The summed E-state index contributed by atoms with van der Waals surface area (Å²) in [5.41, 5.74) is 1.55. The van der Waals surface area contributed by atoms with Crippen molar-refractivity contribution in [3.05, 3.63) is 18.3 Å². The molecular weight excluding hydrogens is 287 g/mol. The zero-order chi connectivity index (χ0) is 14.9. The number of aliphatic hydroxyl groups is 1. The van der Waals surface area contributed by atoms with E-state index >= 15 is 0 Å². The van der Waals surface area contributed by atoms with Crippen LogP contribution in [0.2, 0.25) is 0 Å². The molecule has 108 valence electrons. The maximum Gasteiger partial charge on any atom is 0.573 e. The average molecular weight is 299 g/mol. The number of ether oxygens (including phenoxy) is 1. The minimum Gasteiger partial charge on any atom is -0.402 e. The van der Waals surface area contributed by atoms with E-state index in [4.69, 9.17) is 10.3 Å². The van der Waals surface area contributed by atoms with Gasteiger partial charge in [-0.15, -0.1) is 13.2 Å². The average Bonchev–Trinajstić information content (AvgIpc) is 2.30. The van der Waals surface area contributed by atoms with Gasteiger partial charge in [0.25, 0.3) is 0 Å². The predicted molar refractivity (Wildman–Crippen MR) is 64.8 cm³/mol. The number of nitrogens with one attached hydrogen (secondary N) is 2. The Balaban J connectivity index is 0.000000982. The van der Waals surface area contributed by atoms with E-state index in [1.54, 1.807) is 12.4 Å². The molecule has 6 nitrogen and oxygen atoms in total. The molecule has 4 N–H and O–H groups in total. The molecular formula is C9H12F3N3O3S. The molecule has 0 aliphatic carbocycles. The van der Waals surface area contributed by atoms with Crippen molar-refractivity contribution in [2.24, 2.45) is 0 Å². The Morgan fingerprint density at radius 3 is 2.58 bits per heavy atom. The summed E-state index contributed by atoms with van der Waals surface area (Å²) in [6, 6.07) is 2.32. The molecule has 10 heteroatoms. The second-order valence-corrected chi connectivity index (χ2v) is 3.19. The van der Waals surface area contributed by atoms with Crippen LogP contribution in [0.1, 0.15) is 6.92 Å². The smallest absolute Gasteiger partial charge is 0.402 e. The SMILES string of the molecule is CCO.ONC(=S)Nc1ncccc1OC(F)(F)F. The van der Waals surface area contributed by atoms with Crippen molar-refractivity contribution >= 4 is 23.1 Å². The fourth-order valence-electron chi connectivity index (χ4n) is 0.827. The van der Waals surface area contributed by atoms with Crippen molar-refractivity contribution in [1.82, 2.24) is 10.5 Å². The molecule has 0 amide bonds. The molecule has 19 heavy (non-hydrogen) atoms. The van der Waals surface area contributed by atoms with E-state index in [0.29, 0.717) is 0 Å². The maximum absolute atomic E-state index is 12.0. The number of hydrogen-bond acceptors (Lipinski definition) is 5. The van der Waals surface area contributed by atoms with Crippen LogP contribution in [0.4, 0.5) is 19.0 Å². The molecule has 0 aliphatic heterocycles. The number of rotatable bonds is 2. The number of aromatic nitrogens is 1. The molecule has 0 atom stereocenters. The lowest BCUT2D eigenvalue weighted by Crippen LogP contribution is -2.26. The summed E-state index contributed by atoms with van der Waals surface area (Å²) < 4.78 is 39.6. The highest BCUT2D eigenvalue weighted by Crippen LogP contribution is 2.27. The summed E-state index contributed by atoms with van der Waals surface area (Å²) in [4.78, 5) is 3.58. The Morgan fingerprint density at radius 1 is 1.53 bits per heavy atom. The van der Waals surface area contributed by atoms with Crippen molar-refractivity contribution < 1.29 is 28.2 Å². The second kappa shape index (κ2) is 8.45. The molecule has 1 rings (SSSR count). The first-order valence-electron chi connectivity index (χ1n) is 4.86. The monoisotopic (exact) mass is 299 g/mol. The molecule has 1 aromatic rings. The Labute approximate surface area is 112 Å². The van der Waals surface area contributed by atoms with E-state index in [-0.39, 0.29) is 17.5 Å². The third kappa shape index (κ3) is 8.13. The van der Waals surface area contributed by atoms with Gasteiger partial charge in [-0.2, -0.15) is 0 Å². The minimum absolute atomic E-state index is 0.250. The Hall–Kier alpha value is -1.65. The largest absolute Gasteiger partial charge is 0.573 e. The molecule has 0 radical (unpaired) electrons. The highest BCUT2D eigenvalue weighted by Gasteiger charge is 2.32. The Morgan fingerprint density at radius 2 is 2.11 bits per heavy atom. The molecule has 0 aromatic carbocycles. The maximum atomic E-state index is 12.0. The third-order valence-corrected chi connectivity index (χ3v) is 1.52. The van der Waals surface area contributed by atoms with Crippen LogP contribution >= 0.6 is 12.2 Å². The Bertz CT molecular complexity index is 404. The first kappa shape index (κ1) is 17.4. The van der Waals surface area contributed by atoms with Crippen LogP contribution in [0.15, 0.2) is 18.3 Å². The summed E-state index contributed by atoms with van der Waals surface area (Å²) in [5.74, 6) is -0.807. The summed E-state index contributed by atoms with van der Waals surface area (Å²) >= 11 is 4.49. The Kier molecular flexibility index (Phi) is 7.72. The first-order chi connectivity index (χ1) is 8.84. The van der Waals surface area contributed by atoms with Crippen LogP contribution in [0, 0.1) is 0 Å². The molecule has 1 heterocycles. The highest BCUT2D eigenvalue weighted by molar-refractivity contribution is 7.80. The molecule has 0 aliphatic rings. The van der Waals surface area contributed by atoms with E-state index in [0.717, 1.165) is 6.07 Å². The quantitative estimate of drug-likeness (QED) is 0.488. The van der Waals surface area contributed by atoms with Gasteiger partial charge in [0.1, 0.15) is 0 Å². The van der Waals surface area contributed by atoms with Gasteiger partial charge < -0.3 is 15.2 Å². The van der Waals surface area contributed by atoms with Crippen LogP contribution in [0.5, 0.6) is 5.75 Å². The number of halogens is 3. The van der Waals surface area contributed by atoms with E-state index in [1.807, 2.05) is 0 Å². The van der Waals surface area contributed by atoms with Gasteiger partial charge in [-0.25, -0.2) is 10.5 Å². The topological polar surface area (TPSA) is 86.6 Å². The number of hydroxylamine groups is 1. The van der Waals surface area contributed by atoms with Crippen molar-refractivity contribution in [2.45, 2.75) is 13.3 Å². The van der Waals surface area contributed by atoms with Crippen LogP contribution in [0.3, 0.4) is 0 Å². The fraction of sp³-hybridized carbons (Fsp3) is 0.333. The van der Waals surface area contributed by atoms with Gasteiger partial charge in [-0.05, 0) is 31.3 Å². The lowest BCUT2D eigenvalue weighted by molar-refractivity contribution is -0.274. The van der Waals surface area contributed by atoms with Gasteiger partial charge in [-0.3, -0.25) is 5.21 Å². The number of hydrogen-bond donors (Lipinski definition) is 4.